The van der Waals surface area contributed by atoms with Crippen molar-refractivity contribution in [2.24, 2.45) is 0 Å². The highest BCUT2D eigenvalue weighted by Gasteiger charge is 2.30. The Bertz CT molecular complexity index is 2600. The molecule has 1 N–H and O–H groups in total. The first-order valence-electron chi connectivity index (χ1n) is 15.3. The number of thiophene rings is 1. The molecule has 0 saturated carbocycles. The minimum atomic E-state index is -0.292. The third-order valence-electron chi connectivity index (χ3n) is 9.23. The Labute approximate surface area is 263 Å². The molecular formula is C41H26N2OS. The van der Waals surface area contributed by atoms with Crippen molar-refractivity contribution in [1.29, 1.82) is 0 Å². The van der Waals surface area contributed by atoms with Crippen molar-refractivity contribution in [3.63, 3.8) is 0 Å². The van der Waals surface area contributed by atoms with Crippen LogP contribution in [-0.4, -0.2) is 4.57 Å². The summed E-state index contributed by atoms with van der Waals surface area (Å²) in [6.45, 7) is 0. The number of fused-ring (bicyclic) bond motifs is 10. The van der Waals surface area contributed by atoms with Crippen LogP contribution in [0.25, 0.3) is 69.6 Å². The average molecular weight is 595 g/mol. The zero-order chi connectivity index (χ0) is 29.5. The lowest BCUT2D eigenvalue weighted by atomic mass is 10.0. The lowest BCUT2D eigenvalue weighted by Gasteiger charge is -2.14. The summed E-state index contributed by atoms with van der Waals surface area (Å²) in [5.74, 6) is 0.937. The normalized spacial score (nSPS) is 14.4. The molecule has 0 aliphatic carbocycles. The van der Waals surface area contributed by atoms with Crippen molar-refractivity contribution >= 4 is 69.8 Å². The molecule has 45 heavy (non-hydrogen) atoms. The first-order valence-corrected chi connectivity index (χ1v) is 16.1. The summed E-state index contributed by atoms with van der Waals surface area (Å²) in [5.41, 5.74) is 8.07. The summed E-state index contributed by atoms with van der Waals surface area (Å²) in [4.78, 5) is 0. The van der Waals surface area contributed by atoms with E-state index >= 15 is 0 Å². The number of ether oxygens (including phenoxy) is 1. The number of hydrogen-bond acceptors (Lipinski definition) is 3. The van der Waals surface area contributed by atoms with Crippen molar-refractivity contribution in [2.75, 3.05) is 5.32 Å². The highest BCUT2D eigenvalue weighted by molar-refractivity contribution is 7.26. The summed E-state index contributed by atoms with van der Waals surface area (Å²) in [6.07, 6.45) is -0.292. The number of nitrogens with one attached hydrogen (secondary N) is 1. The van der Waals surface area contributed by atoms with E-state index in [0.717, 1.165) is 22.7 Å². The third kappa shape index (κ3) is 3.63. The van der Waals surface area contributed by atoms with Gasteiger partial charge in [0.25, 0.3) is 0 Å². The molecule has 4 heteroatoms. The van der Waals surface area contributed by atoms with Gasteiger partial charge in [0.15, 0.2) is 12.0 Å². The van der Waals surface area contributed by atoms with Crippen LogP contribution in [0.15, 0.2) is 146 Å². The molecule has 10 rings (SSSR count). The van der Waals surface area contributed by atoms with Crippen LogP contribution in [0.4, 0.5) is 5.69 Å². The number of benzene rings is 7. The van der Waals surface area contributed by atoms with Crippen LogP contribution in [0.3, 0.4) is 0 Å². The van der Waals surface area contributed by atoms with Crippen LogP contribution < -0.4 is 10.1 Å². The van der Waals surface area contributed by atoms with Crippen LogP contribution in [0.5, 0.6) is 5.75 Å². The average Bonchev–Trinajstić information content (AvgIpc) is 3.80. The molecular weight excluding hydrogens is 569 g/mol. The van der Waals surface area contributed by atoms with Gasteiger partial charge < -0.3 is 14.6 Å². The lowest BCUT2D eigenvalue weighted by molar-refractivity contribution is 0.263. The van der Waals surface area contributed by atoms with Crippen LogP contribution in [0.2, 0.25) is 0 Å². The minimum Gasteiger partial charge on any atom is -0.464 e. The molecule has 0 amide bonds. The number of para-hydroxylation sites is 1. The summed E-state index contributed by atoms with van der Waals surface area (Å²) in [7, 11) is 0. The van der Waals surface area contributed by atoms with Gasteiger partial charge in [0, 0.05) is 53.1 Å². The second kappa shape index (κ2) is 9.46. The first-order chi connectivity index (χ1) is 22.3. The standard InChI is InChI=1S/C41H26N2OS/c1-2-10-25(11-3-1)33-24-36-37(32-15-7-9-17-35(32)45-36)40-38(33)42-41(44-40)27-18-21-28(22-19-27)43-34-16-8-6-14-30(34)31-23-20-26-12-4-5-13-29(26)39(31)43/h1-24,41-42H. The maximum Gasteiger partial charge on any atom is 0.196 e. The molecule has 0 fully saturated rings. The quantitative estimate of drug-likeness (QED) is 0.220. The summed E-state index contributed by atoms with van der Waals surface area (Å²) in [6, 6.07) is 52.3. The monoisotopic (exact) mass is 594 g/mol. The van der Waals surface area contributed by atoms with E-state index in [1.54, 1.807) is 0 Å². The molecule has 212 valence electrons. The second-order valence-corrected chi connectivity index (χ2v) is 12.8. The number of hydrogen-bond donors (Lipinski definition) is 1. The fourth-order valence-electron chi connectivity index (χ4n) is 7.18. The summed E-state index contributed by atoms with van der Waals surface area (Å²) >= 11 is 1.83. The van der Waals surface area contributed by atoms with Gasteiger partial charge in [-0.05, 0) is 41.3 Å². The van der Waals surface area contributed by atoms with Gasteiger partial charge in [0.05, 0.1) is 16.7 Å². The van der Waals surface area contributed by atoms with Gasteiger partial charge in [0.2, 0.25) is 0 Å². The maximum atomic E-state index is 6.85. The van der Waals surface area contributed by atoms with Gasteiger partial charge in [0.1, 0.15) is 0 Å². The molecule has 0 spiro atoms. The van der Waals surface area contributed by atoms with E-state index in [4.69, 9.17) is 4.74 Å². The number of nitrogens with zero attached hydrogens (tertiary/aromatic N) is 1. The first kappa shape index (κ1) is 24.8. The molecule has 1 aliphatic rings. The fraction of sp³-hybridized carbons (Fsp3) is 0.0244. The highest BCUT2D eigenvalue weighted by atomic mass is 32.1. The van der Waals surface area contributed by atoms with Gasteiger partial charge in [-0.1, -0.05) is 115 Å². The van der Waals surface area contributed by atoms with Gasteiger partial charge >= 0.3 is 0 Å². The molecule has 3 heterocycles. The largest absolute Gasteiger partial charge is 0.464 e. The summed E-state index contributed by atoms with van der Waals surface area (Å²) in [5, 5.41) is 11.2. The van der Waals surface area contributed by atoms with Gasteiger partial charge in [-0.2, -0.15) is 0 Å². The Kier molecular flexibility index (Phi) is 5.22. The summed E-state index contributed by atoms with van der Waals surface area (Å²) < 4.78 is 11.8. The fourth-order valence-corrected chi connectivity index (χ4v) is 8.33. The van der Waals surface area contributed by atoms with Crippen LogP contribution in [-0.2, 0) is 0 Å². The van der Waals surface area contributed by atoms with E-state index in [2.05, 4.69) is 155 Å². The molecule has 3 nitrogen and oxygen atoms in total. The van der Waals surface area contributed by atoms with Crippen molar-refractivity contribution in [3.05, 3.63) is 151 Å². The van der Waals surface area contributed by atoms with E-state index in [9.17, 15) is 0 Å². The van der Waals surface area contributed by atoms with E-state index in [-0.39, 0.29) is 6.23 Å². The smallest absolute Gasteiger partial charge is 0.196 e. The molecule has 9 aromatic rings. The molecule has 7 aromatic carbocycles. The molecule has 0 bridgehead atoms. The Morgan fingerprint density at radius 3 is 2.20 bits per heavy atom. The van der Waals surface area contributed by atoms with Gasteiger partial charge in [-0.3, -0.25) is 0 Å². The van der Waals surface area contributed by atoms with Crippen molar-refractivity contribution in [1.82, 2.24) is 4.57 Å². The molecule has 0 saturated heterocycles. The van der Waals surface area contributed by atoms with Crippen LogP contribution in [0.1, 0.15) is 11.8 Å². The third-order valence-corrected chi connectivity index (χ3v) is 10.3. The van der Waals surface area contributed by atoms with E-state index in [1.165, 1.54) is 63.9 Å². The van der Waals surface area contributed by atoms with E-state index < -0.39 is 0 Å². The van der Waals surface area contributed by atoms with Crippen molar-refractivity contribution < 1.29 is 4.74 Å². The Morgan fingerprint density at radius 1 is 0.600 bits per heavy atom. The minimum absolute atomic E-state index is 0.292. The number of anilines is 1. The van der Waals surface area contributed by atoms with Gasteiger partial charge in [-0.25, -0.2) is 0 Å². The highest BCUT2D eigenvalue weighted by Crippen LogP contribution is 2.53. The predicted octanol–water partition coefficient (Wildman–Crippen LogP) is 11.5. The zero-order valence-corrected chi connectivity index (χ0v) is 25.0. The SMILES string of the molecule is c1ccc(-c2cc3sc4ccccc4c3c3c2NC(c2ccc(-n4c5ccccc5c5ccc6ccccc6c54)cc2)O3)cc1. The topological polar surface area (TPSA) is 26.2 Å². The molecule has 1 unspecified atom stereocenters. The van der Waals surface area contributed by atoms with E-state index in [0.29, 0.717) is 0 Å². The van der Waals surface area contributed by atoms with Crippen molar-refractivity contribution in [3.8, 4) is 22.6 Å². The predicted molar refractivity (Wildman–Crippen MR) is 190 cm³/mol. The van der Waals surface area contributed by atoms with Gasteiger partial charge in [-0.15, -0.1) is 11.3 Å². The molecule has 1 aliphatic heterocycles. The van der Waals surface area contributed by atoms with Crippen LogP contribution in [0, 0.1) is 0 Å². The zero-order valence-electron chi connectivity index (χ0n) is 24.2. The molecule has 1 atom stereocenters. The number of aromatic nitrogens is 1. The Balaban J connectivity index is 1.11. The maximum absolute atomic E-state index is 6.85. The Hall–Kier alpha value is -5.58. The molecule has 0 radical (unpaired) electrons. The number of rotatable bonds is 3. The Morgan fingerprint density at radius 2 is 1.33 bits per heavy atom. The second-order valence-electron chi connectivity index (χ2n) is 11.7. The van der Waals surface area contributed by atoms with Crippen LogP contribution >= 0.6 is 11.3 Å². The molecule has 2 aromatic heterocycles. The van der Waals surface area contributed by atoms with Crippen molar-refractivity contribution in [2.45, 2.75) is 6.23 Å². The lowest BCUT2D eigenvalue weighted by Crippen LogP contribution is -2.10. The van der Waals surface area contributed by atoms with E-state index in [1.807, 2.05) is 11.3 Å².